The maximum atomic E-state index is 5.63. The number of hydrogen-bond donors (Lipinski definition) is 0. The minimum Gasteiger partial charge on any atom is -0.381 e. The molecule has 0 radical (unpaired) electrons. The monoisotopic (exact) mass is 321 g/mol. The summed E-state index contributed by atoms with van der Waals surface area (Å²) in [6.07, 6.45) is 2.34. The highest BCUT2D eigenvalue weighted by Crippen LogP contribution is 2.39. The summed E-state index contributed by atoms with van der Waals surface area (Å²) in [6.45, 7) is 3.83. The quantitative estimate of drug-likeness (QED) is 0.725. The van der Waals surface area contributed by atoms with Crippen molar-refractivity contribution in [3.8, 4) is 11.4 Å². The zero-order valence-electron chi connectivity index (χ0n) is 13.4. The fourth-order valence-corrected chi connectivity index (χ4v) is 3.82. The summed E-state index contributed by atoms with van der Waals surface area (Å²) in [5, 5.41) is 13.4. The Morgan fingerprint density at radius 1 is 1.00 bits per heavy atom. The number of hydrogen-bond acceptors (Lipinski definition) is 5. The Labute approximate surface area is 140 Å². The van der Waals surface area contributed by atoms with Crippen LogP contribution in [0.25, 0.3) is 17.0 Å². The molecule has 1 atom stereocenters. The Hall–Kier alpha value is -2.47. The average molecular weight is 321 g/mol. The van der Waals surface area contributed by atoms with Gasteiger partial charge in [0.2, 0.25) is 0 Å². The molecule has 2 aliphatic rings. The first kappa shape index (κ1) is 13.9. The SMILES string of the molecule is c1ccc(-c2nnc3ccc(N4CC[C@]5(CCOC5)C4)nn23)cc1. The zero-order chi connectivity index (χ0) is 16.0. The third-order valence-corrected chi connectivity index (χ3v) is 5.23. The predicted molar refractivity (Wildman–Crippen MR) is 90.9 cm³/mol. The standard InChI is InChI=1S/C18H19N5O/c1-2-4-14(5-3-1)17-20-19-15-6-7-16(21-23(15)17)22-10-8-18(12-22)9-11-24-13-18/h1-7H,8-13H2/t18-/m0/s1. The van der Waals surface area contributed by atoms with Gasteiger partial charge in [0.15, 0.2) is 11.5 Å². The van der Waals surface area contributed by atoms with Crippen molar-refractivity contribution in [2.45, 2.75) is 12.8 Å². The summed E-state index contributed by atoms with van der Waals surface area (Å²) in [5.41, 5.74) is 2.12. The molecule has 1 spiro atoms. The van der Waals surface area contributed by atoms with Crippen LogP contribution in [0.15, 0.2) is 42.5 Å². The van der Waals surface area contributed by atoms with Crippen LogP contribution < -0.4 is 4.90 Å². The van der Waals surface area contributed by atoms with Gasteiger partial charge in [-0.05, 0) is 25.0 Å². The molecule has 0 N–H and O–H groups in total. The molecule has 0 aliphatic carbocycles. The van der Waals surface area contributed by atoms with Crippen LogP contribution in [-0.4, -0.2) is 46.1 Å². The molecule has 2 saturated heterocycles. The Morgan fingerprint density at radius 2 is 1.92 bits per heavy atom. The van der Waals surface area contributed by atoms with Crippen molar-refractivity contribution in [2.24, 2.45) is 5.41 Å². The molecule has 24 heavy (non-hydrogen) atoms. The molecule has 0 bridgehead atoms. The molecule has 6 nitrogen and oxygen atoms in total. The lowest BCUT2D eigenvalue weighted by Gasteiger charge is -2.22. The number of nitrogens with zero attached hydrogens (tertiary/aromatic N) is 5. The van der Waals surface area contributed by atoms with Crippen LogP contribution in [0.3, 0.4) is 0 Å². The summed E-state index contributed by atoms with van der Waals surface area (Å²) < 4.78 is 7.48. The van der Waals surface area contributed by atoms with Crippen molar-refractivity contribution in [1.82, 2.24) is 19.8 Å². The van der Waals surface area contributed by atoms with Crippen molar-refractivity contribution < 1.29 is 4.74 Å². The van der Waals surface area contributed by atoms with E-state index in [1.165, 1.54) is 6.42 Å². The fourth-order valence-electron chi connectivity index (χ4n) is 3.82. The first-order valence-electron chi connectivity index (χ1n) is 8.44. The van der Waals surface area contributed by atoms with Gasteiger partial charge < -0.3 is 9.64 Å². The third kappa shape index (κ3) is 2.17. The molecular formula is C18H19N5O. The van der Waals surface area contributed by atoms with E-state index in [0.717, 1.165) is 55.6 Å². The Kier molecular flexibility index (Phi) is 3.06. The normalized spacial score (nSPS) is 23.6. The van der Waals surface area contributed by atoms with E-state index in [-0.39, 0.29) is 0 Å². The second-order valence-electron chi connectivity index (χ2n) is 6.83. The molecule has 5 rings (SSSR count). The molecule has 2 aliphatic heterocycles. The van der Waals surface area contributed by atoms with Gasteiger partial charge in [-0.25, -0.2) is 0 Å². The van der Waals surface area contributed by atoms with Gasteiger partial charge in [0, 0.05) is 30.7 Å². The molecule has 6 heteroatoms. The Morgan fingerprint density at radius 3 is 2.75 bits per heavy atom. The lowest BCUT2D eigenvalue weighted by atomic mass is 9.87. The van der Waals surface area contributed by atoms with E-state index in [4.69, 9.17) is 9.84 Å². The minimum atomic E-state index is 0.325. The Balaban J connectivity index is 1.52. The van der Waals surface area contributed by atoms with Gasteiger partial charge in [-0.1, -0.05) is 30.3 Å². The average Bonchev–Trinajstić information content (AvgIpc) is 3.36. The van der Waals surface area contributed by atoms with Gasteiger partial charge >= 0.3 is 0 Å². The molecule has 0 unspecified atom stereocenters. The van der Waals surface area contributed by atoms with Crippen LogP contribution in [0.4, 0.5) is 5.82 Å². The molecule has 2 fully saturated rings. The molecule has 4 heterocycles. The number of fused-ring (bicyclic) bond motifs is 1. The van der Waals surface area contributed by atoms with Gasteiger partial charge in [0.1, 0.15) is 5.82 Å². The van der Waals surface area contributed by atoms with E-state index in [2.05, 4.69) is 15.1 Å². The number of anilines is 1. The molecular weight excluding hydrogens is 302 g/mol. The van der Waals surface area contributed by atoms with Gasteiger partial charge in [0.05, 0.1) is 6.61 Å². The van der Waals surface area contributed by atoms with Crippen LogP contribution >= 0.6 is 0 Å². The van der Waals surface area contributed by atoms with Gasteiger partial charge in [-0.3, -0.25) is 0 Å². The summed E-state index contributed by atoms with van der Waals surface area (Å²) in [4.78, 5) is 2.36. The third-order valence-electron chi connectivity index (χ3n) is 5.23. The highest BCUT2D eigenvalue weighted by atomic mass is 16.5. The highest BCUT2D eigenvalue weighted by molar-refractivity contribution is 5.59. The summed E-state index contributed by atoms with van der Waals surface area (Å²) in [7, 11) is 0. The van der Waals surface area contributed by atoms with Crippen molar-refractivity contribution >= 4 is 11.5 Å². The Bertz CT molecular complexity index is 870. The largest absolute Gasteiger partial charge is 0.381 e. The minimum absolute atomic E-state index is 0.325. The smallest absolute Gasteiger partial charge is 0.185 e. The maximum Gasteiger partial charge on any atom is 0.185 e. The van der Waals surface area contributed by atoms with E-state index in [0.29, 0.717) is 5.41 Å². The number of ether oxygens (including phenoxy) is 1. The van der Waals surface area contributed by atoms with E-state index >= 15 is 0 Å². The van der Waals surface area contributed by atoms with E-state index < -0.39 is 0 Å². The van der Waals surface area contributed by atoms with E-state index in [9.17, 15) is 0 Å². The molecule has 0 amide bonds. The first-order chi connectivity index (χ1) is 11.8. The lowest BCUT2D eigenvalue weighted by Crippen LogP contribution is -2.28. The van der Waals surface area contributed by atoms with Gasteiger partial charge in [-0.15, -0.1) is 15.3 Å². The molecule has 0 saturated carbocycles. The van der Waals surface area contributed by atoms with Gasteiger partial charge in [0.25, 0.3) is 0 Å². The maximum absolute atomic E-state index is 5.63. The molecule has 2 aromatic heterocycles. The second kappa shape index (κ2) is 5.27. The van der Waals surface area contributed by atoms with Crippen molar-refractivity contribution in [2.75, 3.05) is 31.2 Å². The molecule has 122 valence electrons. The van der Waals surface area contributed by atoms with Gasteiger partial charge in [-0.2, -0.15) is 4.52 Å². The van der Waals surface area contributed by atoms with E-state index in [1.54, 1.807) is 0 Å². The number of rotatable bonds is 2. The van der Waals surface area contributed by atoms with Crippen molar-refractivity contribution in [1.29, 1.82) is 0 Å². The van der Waals surface area contributed by atoms with Crippen molar-refractivity contribution in [3.05, 3.63) is 42.5 Å². The second-order valence-corrected chi connectivity index (χ2v) is 6.83. The van der Waals surface area contributed by atoms with Crippen molar-refractivity contribution in [3.63, 3.8) is 0 Å². The fraction of sp³-hybridized carbons (Fsp3) is 0.389. The predicted octanol–water partition coefficient (Wildman–Crippen LogP) is 2.41. The van der Waals surface area contributed by atoms with Crippen LogP contribution in [0.2, 0.25) is 0 Å². The van der Waals surface area contributed by atoms with Crippen LogP contribution in [-0.2, 0) is 4.74 Å². The molecule has 1 aromatic carbocycles. The first-order valence-corrected chi connectivity index (χ1v) is 8.44. The van der Waals surface area contributed by atoms with Crippen LogP contribution in [0.5, 0.6) is 0 Å². The van der Waals surface area contributed by atoms with E-state index in [1.807, 2.05) is 47.0 Å². The zero-order valence-corrected chi connectivity index (χ0v) is 13.4. The topological polar surface area (TPSA) is 55.5 Å². The van der Waals surface area contributed by atoms with Crippen LogP contribution in [0.1, 0.15) is 12.8 Å². The lowest BCUT2D eigenvalue weighted by molar-refractivity contribution is 0.160. The van der Waals surface area contributed by atoms with Crippen LogP contribution in [0, 0.1) is 5.41 Å². The highest BCUT2D eigenvalue weighted by Gasteiger charge is 2.41. The summed E-state index contributed by atoms with van der Waals surface area (Å²) in [6, 6.07) is 14.1. The summed E-state index contributed by atoms with van der Waals surface area (Å²) >= 11 is 0. The number of aromatic nitrogens is 4. The summed E-state index contributed by atoms with van der Waals surface area (Å²) in [5.74, 6) is 1.77. The molecule has 3 aromatic rings. The number of benzene rings is 1.